The first-order valence-corrected chi connectivity index (χ1v) is 4.88. The number of aryl methyl sites for hydroxylation is 1. The highest BCUT2D eigenvalue weighted by atomic mass is 19.4. The van der Waals surface area contributed by atoms with Crippen molar-refractivity contribution < 1.29 is 22.0 Å². The van der Waals surface area contributed by atoms with Gasteiger partial charge in [0.2, 0.25) is 0 Å². The highest BCUT2D eigenvalue weighted by Gasteiger charge is 2.36. The molecule has 0 bridgehead atoms. The van der Waals surface area contributed by atoms with Crippen LogP contribution in [0.25, 0.3) is 5.69 Å². The van der Waals surface area contributed by atoms with E-state index >= 15 is 0 Å². The number of aromatic nitrogens is 2. The molecule has 0 amide bonds. The van der Waals surface area contributed by atoms with Crippen LogP contribution in [-0.4, -0.2) is 9.78 Å². The maximum Gasteiger partial charge on any atom is 0.433 e. The molecule has 7 heteroatoms. The van der Waals surface area contributed by atoms with Gasteiger partial charge in [-0.3, -0.25) is 0 Å². The van der Waals surface area contributed by atoms with E-state index in [1.807, 2.05) is 0 Å². The van der Waals surface area contributed by atoms with Crippen molar-refractivity contribution >= 4 is 0 Å². The monoisotopic (exact) mass is 262 g/mol. The van der Waals surface area contributed by atoms with Gasteiger partial charge in [-0.25, -0.2) is 13.5 Å². The van der Waals surface area contributed by atoms with Gasteiger partial charge >= 0.3 is 6.18 Å². The average Bonchev–Trinajstić information content (AvgIpc) is 2.58. The Labute approximate surface area is 98.7 Å². The molecule has 0 radical (unpaired) electrons. The summed E-state index contributed by atoms with van der Waals surface area (Å²) in [7, 11) is 0. The number of hydrogen-bond acceptors (Lipinski definition) is 1. The quantitative estimate of drug-likeness (QED) is 0.719. The summed E-state index contributed by atoms with van der Waals surface area (Å²) in [5.41, 5.74) is -1.29. The fourth-order valence-corrected chi connectivity index (χ4v) is 1.56. The normalized spacial score (nSPS) is 11.9. The molecule has 2 nitrogen and oxygen atoms in total. The molecule has 2 rings (SSSR count). The Bertz CT molecular complexity index is 565. The predicted octanol–water partition coefficient (Wildman–Crippen LogP) is 3.48. The molecule has 1 heterocycles. The summed E-state index contributed by atoms with van der Waals surface area (Å²) in [5.74, 6) is -1.93. The van der Waals surface area contributed by atoms with E-state index in [-0.39, 0.29) is 11.4 Å². The molecule has 1 aromatic carbocycles. The van der Waals surface area contributed by atoms with Gasteiger partial charge in [0.25, 0.3) is 0 Å². The average molecular weight is 262 g/mol. The third-order valence-corrected chi connectivity index (χ3v) is 2.21. The Balaban J connectivity index is 2.63. The van der Waals surface area contributed by atoms with Gasteiger partial charge in [-0.05, 0) is 25.1 Å². The fraction of sp³-hybridized carbons (Fsp3) is 0.182. The molecular weight excluding hydrogens is 255 g/mol. The third kappa shape index (κ3) is 2.34. The van der Waals surface area contributed by atoms with Gasteiger partial charge in [-0.2, -0.15) is 18.3 Å². The van der Waals surface area contributed by atoms with Crippen molar-refractivity contribution in [2.75, 3.05) is 0 Å². The van der Waals surface area contributed by atoms with Crippen molar-refractivity contribution in [2.45, 2.75) is 13.1 Å². The lowest BCUT2D eigenvalue weighted by Gasteiger charge is -2.10. The van der Waals surface area contributed by atoms with E-state index in [9.17, 15) is 22.0 Å². The molecule has 0 saturated heterocycles. The van der Waals surface area contributed by atoms with Gasteiger partial charge in [0.1, 0.15) is 17.3 Å². The molecule has 0 atom stereocenters. The van der Waals surface area contributed by atoms with Crippen molar-refractivity contribution in [1.29, 1.82) is 0 Å². The Kier molecular flexibility index (Phi) is 2.84. The molecule has 0 aliphatic rings. The summed E-state index contributed by atoms with van der Waals surface area (Å²) in [6.45, 7) is 1.36. The second kappa shape index (κ2) is 4.08. The molecule has 0 fully saturated rings. The molecule has 0 aliphatic heterocycles. The van der Waals surface area contributed by atoms with E-state index in [0.717, 1.165) is 18.2 Å². The van der Waals surface area contributed by atoms with Crippen LogP contribution in [0.3, 0.4) is 0 Å². The lowest BCUT2D eigenvalue weighted by molar-refractivity contribution is -0.142. The zero-order valence-corrected chi connectivity index (χ0v) is 9.09. The first kappa shape index (κ1) is 12.5. The number of alkyl halides is 3. The summed E-state index contributed by atoms with van der Waals surface area (Å²) < 4.78 is 64.5. The number of benzene rings is 1. The number of rotatable bonds is 1. The van der Waals surface area contributed by atoms with Crippen LogP contribution in [0.5, 0.6) is 0 Å². The van der Waals surface area contributed by atoms with Crippen molar-refractivity contribution in [3.63, 3.8) is 0 Å². The highest BCUT2D eigenvalue weighted by molar-refractivity contribution is 5.35. The largest absolute Gasteiger partial charge is 0.433 e. The summed E-state index contributed by atoms with van der Waals surface area (Å²) in [4.78, 5) is 0. The van der Waals surface area contributed by atoms with Gasteiger partial charge < -0.3 is 0 Å². The maximum atomic E-state index is 13.0. The summed E-state index contributed by atoms with van der Waals surface area (Å²) in [5, 5.41) is 3.59. The Morgan fingerprint density at radius 2 is 1.56 bits per heavy atom. The lowest BCUT2D eigenvalue weighted by atomic mass is 10.3. The van der Waals surface area contributed by atoms with E-state index < -0.39 is 23.5 Å². The van der Waals surface area contributed by atoms with E-state index in [2.05, 4.69) is 5.10 Å². The van der Waals surface area contributed by atoms with Crippen LogP contribution in [0.15, 0.2) is 24.3 Å². The smallest absolute Gasteiger partial charge is 0.228 e. The lowest BCUT2D eigenvalue weighted by Crippen LogP contribution is -2.13. The molecule has 0 unspecified atom stereocenters. The molecule has 0 spiro atoms. The zero-order chi connectivity index (χ0) is 13.5. The number of hydrogen-bond donors (Lipinski definition) is 0. The van der Waals surface area contributed by atoms with Gasteiger partial charge in [0.15, 0.2) is 0 Å². The maximum absolute atomic E-state index is 13.0. The molecule has 0 N–H and O–H groups in total. The first-order chi connectivity index (χ1) is 8.27. The van der Waals surface area contributed by atoms with E-state index in [1.165, 1.54) is 6.92 Å². The number of nitrogens with zero attached hydrogens (tertiary/aromatic N) is 2. The summed E-state index contributed by atoms with van der Waals surface area (Å²) >= 11 is 0. The van der Waals surface area contributed by atoms with Gasteiger partial charge in [-0.1, -0.05) is 0 Å². The summed E-state index contributed by atoms with van der Waals surface area (Å²) in [6, 6.07) is 2.95. The third-order valence-electron chi connectivity index (χ3n) is 2.21. The number of halogens is 5. The van der Waals surface area contributed by atoms with Crippen LogP contribution in [0.2, 0.25) is 0 Å². The second-order valence-electron chi connectivity index (χ2n) is 3.71. The Morgan fingerprint density at radius 3 is 2.06 bits per heavy atom. The highest BCUT2D eigenvalue weighted by Crippen LogP contribution is 2.31. The van der Waals surface area contributed by atoms with Crippen LogP contribution >= 0.6 is 0 Å². The predicted molar refractivity (Wildman–Crippen MR) is 53.2 cm³/mol. The molecule has 1 aromatic heterocycles. The zero-order valence-electron chi connectivity index (χ0n) is 9.09. The minimum atomic E-state index is -4.65. The van der Waals surface area contributed by atoms with Crippen LogP contribution in [0, 0.1) is 18.6 Å². The van der Waals surface area contributed by atoms with Crippen molar-refractivity contribution in [3.05, 3.63) is 47.3 Å². The van der Waals surface area contributed by atoms with E-state index in [4.69, 9.17) is 0 Å². The van der Waals surface area contributed by atoms with Crippen LogP contribution < -0.4 is 0 Å². The summed E-state index contributed by atoms with van der Waals surface area (Å²) in [6.07, 6.45) is -4.65. The molecule has 2 aromatic rings. The fourth-order valence-electron chi connectivity index (χ4n) is 1.56. The van der Waals surface area contributed by atoms with Crippen molar-refractivity contribution in [3.8, 4) is 5.69 Å². The Morgan fingerprint density at radius 1 is 1.00 bits per heavy atom. The van der Waals surface area contributed by atoms with Gasteiger partial charge in [0.05, 0.1) is 11.4 Å². The van der Waals surface area contributed by atoms with Crippen LogP contribution in [0.4, 0.5) is 22.0 Å². The van der Waals surface area contributed by atoms with E-state index in [0.29, 0.717) is 10.7 Å². The standard InChI is InChI=1S/C11H7F5N2/c1-6-2-10(11(14,15)16)18(17-6)9-4-7(12)3-8(13)5-9/h2-5H,1H3. The second-order valence-corrected chi connectivity index (χ2v) is 3.71. The van der Waals surface area contributed by atoms with Crippen molar-refractivity contribution in [2.24, 2.45) is 0 Å². The Hall–Kier alpha value is -1.92. The van der Waals surface area contributed by atoms with Gasteiger partial charge in [-0.15, -0.1) is 0 Å². The minimum Gasteiger partial charge on any atom is -0.228 e. The van der Waals surface area contributed by atoms with Crippen molar-refractivity contribution in [1.82, 2.24) is 9.78 Å². The first-order valence-electron chi connectivity index (χ1n) is 4.88. The molecule has 18 heavy (non-hydrogen) atoms. The van der Waals surface area contributed by atoms with Crippen LogP contribution in [0.1, 0.15) is 11.4 Å². The topological polar surface area (TPSA) is 17.8 Å². The minimum absolute atomic E-state index is 0.104. The van der Waals surface area contributed by atoms with E-state index in [1.54, 1.807) is 0 Å². The molecule has 96 valence electrons. The molecule has 0 saturated carbocycles. The van der Waals surface area contributed by atoms with Crippen LogP contribution in [-0.2, 0) is 6.18 Å². The molecular formula is C11H7F5N2. The SMILES string of the molecule is Cc1cc(C(F)(F)F)n(-c2cc(F)cc(F)c2)n1. The van der Waals surface area contributed by atoms with Gasteiger partial charge in [0, 0.05) is 6.07 Å². The molecule has 0 aliphatic carbocycles.